The standard InChI is InChI=1S/C19H24N4O2/c24-18(19(6-10-20-11-7-19)23-12-1-8-22-23)21-9-4-15-2-3-17-16(14-15)5-13-25-17/h1-3,8,12,14,20H,4-7,9-11,13H2,(H,21,24). The number of ether oxygens (including phenoxy) is 1. The maximum atomic E-state index is 13.0. The predicted molar refractivity (Wildman–Crippen MR) is 94.7 cm³/mol. The monoisotopic (exact) mass is 340 g/mol. The van der Waals surface area contributed by atoms with E-state index in [2.05, 4.69) is 27.9 Å². The Morgan fingerprint density at radius 1 is 1.36 bits per heavy atom. The van der Waals surface area contributed by atoms with Crippen LogP contribution in [0.25, 0.3) is 0 Å². The van der Waals surface area contributed by atoms with Crippen LogP contribution in [-0.2, 0) is 23.2 Å². The molecule has 0 atom stereocenters. The number of hydrogen-bond acceptors (Lipinski definition) is 4. The first-order chi connectivity index (χ1) is 12.3. The largest absolute Gasteiger partial charge is 0.493 e. The smallest absolute Gasteiger partial charge is 0.248 e. The molecule has 1 saturated heterocycles. The van der Waals surface area contributed by atoms with Gasteiger partial charge in [-0.1, -0.05) is 12.1 Å². The van der Waals surface area contributed by atoms with Gasteiger partial charge in [0.2, 0.25) is 5.91 Å². The summed E-state index contributed by atoms with van der Waals surface area (Å²) in [7, 11) is 0. The highest BCUT2D eigenvalue weighted by Crippen LogP contribution is 2.28. The molecule has 0 aliphatic carbocycles. The summed E-state index contributed by atoms with van der Waals surface area (Å²) in [6, 6.07) is 8.20. The Morgan fingerprint density at radius 3 is 3.04 bits per heavy atom. The van der Waals surface area contributed by atoms with E-state index in [1.807, 2.05) is 23.0 Å². The molecule has 6 heteroatoms. The van der Waals surface area contributed by atoms with E-state index in [-0.39, 0.29) is 5.91 Å². The minimum absolute atomic E-state index is 0.0715. The zero-order chi connectivity index (χ0) is 17.1. The number of hydrogen-bond donors (Lipinski definition) is 2. The fraction of sp³-hybridized carbons (Fsp3) is 0.474. The average molecular weight is 340 g/mol. The number of carbonyl (C=O) groups excluding carboxylic acids is 1. The summed E-state index contributed by atoms with van der Waals surface area (Å²) < 4.78 is 7.37. The minimum Gasteiger partial charge on any atom is -0.493 e. The summed E-state index contributed by atoms with van der Waals surface area (Å²) in [5.41, 5.74) is 1.94. The molecule has 3 heterocycles. The van der Waals surface area contributed by atoms with E-state index in [1.165, 1.54) is 11.1 Å². The summed E-state index contributed by atoms with van der Waals surface area (Å²) in [6.07, 6.45) is 6.96. The van der Waals surface area contributed by atoms with Crippen molar-refractivity contribution >= 4 is 5.91 Å². The van der Waals surface area contributed by atoms with Crippen LogP contribution in [0.5, 0.6) is 5.75 Å². The van der Waals surface area contributed by atoms with Gasteiger partial charge in [-0.05, 0) is 55.6 Å². The van der Waals surface area contributed by atoms with Crippen molar-refractivity contribution < 1.29 is 9.53 Å². The Bertz CT molecular complexity index is 736. The van der Waals surface area contributed by atoms with Crippen LogP contribution in [-0.4, -0.2) is 41.9 Å². The van der Waals surface area contributed by atoms with Crippen LogP contribution in [0.2, 0.25) is 0 Å². The number of benzene rings is 1. The lowest BCUT2D eigenvalue weighted by Crippen LogP contribution is -2.54. The molecule has 0 unspecified atom stereocenters. The van der Waals surface area contributed by atoms with Gasteiger partial charge >= 0.3 is 0 Å². The Kier molecular flexibility index (Phi) is 4.44. The molecule has 2 aromatic rings. The number of fused-ring (bicyclic) bond motifs is 1. The third-order valence-corrected chi connectivity index (χ3v) is 5.25. The molecule has 2 aliphatic rings. The molecule has 1 aromatic carbocycles. The average Bonchev–Trinajstić information content (AvgIpc) is 3.33. The van der Waals surface area contributed by atoms with Gasteiger partial charge in [0.25, 0.3) is 0 Å². The summed E-state index contributed by atoms with van der Waals surface area (Å²) in [6.45, 7) is 3.07. The summed E-state index contributed by atoms with van der Waals surface area (Å²) in [4.78, 5) is 13.0. The van der Waals surface area contributed by atoms with Crippen LogP contribution >= 0.6 is 0 Å². The number of aromatic nitrogens is 2. The molecule has 0 saturated carbocycles. The van der Waals surface area contributed by atoms with Gasteiger partial charge < -0.3 is 15.4 Å². The zero-order valence-electron chi connectivity index (χ0n) is 14.3. The quantitative estimate of drug-likeness (QED) is 0.860. The maximum absolute atomic E-state index is 13.0. The van der Waals surface area contributed by atoms with Crippen molar-refractivity contribution in [1.82, 2.24) is 20.4 Å². The lowest BCUT2D eigenvalue weighted by molar-refractivity contribution is -0.131. The topological polar surface area (TPSA) is 68.2 Å². The lowest BCUT2D eigenvalue weighted by atomic mass is 9.87. The number of piperidine rings is 1. The van der Waals surface area contributed by atoms with E-state index in [9.17, 15) is 4.79 Å². The number of rotatable bonds is 5. The Balaban J connectivity index is 1.40. The molecule has 0 spiro atoms. The van der Waals surface area contributed by atoms with Gasteiger partial charge in [0, 0.05) is 25.4 Å². The van der Waals surface area contributed by atoms with Crippen molar-refractivity contribution in [2.75, 3.05) is 26.2 Å². The first-order valence-electron chi connectivity index (χ1n) is 9.02. The Hall–Kier alpha value is -2.34. The van der Waals surface area contributed by atoms with Crippen molar-refractivity contribution in [3.63, 3.8) is 0 Å². The van der Waals surface area contributed by atoms with Crippen LogP contribution in [0.3, 0.4) is 0 Å². The van der Waals surface area contributed by atoms with Gasteiger partial charge in [0.1, 0.15) is 11.3 Å². The van der Waals surface area contributed by atoms with Crippen molar-refractivity contribution in [2.24, 2.45) is 0 Å². The second-order valence-electron chi connectivity index (χ2n) is 6.78. The van der Waals surface area contributed by atoms with E-state index in [0.717, 1.165) is 51.1 Å². The molecule has 1 amide bonds. The van der Waals surface area contributed by atoms with Gasteiger partial charge in [0.15, 0.2) is 0 Å². The van der Waals surface area contributed by atoms with Gasteiger partial charge in [-0.25, -0.2) is 0 Å². The highest BCUT2D eigenvalue weighted by Gasteiger charge is 2.41. The molecular formula is C19H24N4O2. The third kappa shape index (κ3) is 3.14. The zero-order valence-corrected chi connectivity index (χ0v) is 14.3. The number of nitrogens with one attached hydrogen (secondary N) is 2. The van der Waals surface area contributed by atoms with E-state index in [1.54, 1.807) is 6.20 Å². The van der Waals surface area contributed by atoms with Crippen LogP contribution < -0.4 is 15.4 Å². The number of carbonyl (C=O) groups is 1. The fourth-order valence-electron chi connectivity index (χ4n) is 3.80. The molecule has 6 nitrogen and oxygen atoms in total. The number of nitrogens with zero attached hydrogens (tertiary/aromatic N) is 2. The molecule has 0 radical (unpaired) electrons. The van der Waals surface area contributed by atoms with Crippen molar-refractivity contribution in [3.8, 4) is 5.75 Å². The first kappa shape index (κ1) is 16.1. The number of amides is 1. The molecule has 0 bridgehead atoms. The summed E-state index contributed by atoms with van der Waals surface area (Å²) >= 11 is 0. The van der Waals surface area contributed by atoms with Gasteiger partial charge in [-0.2, -0.15) is 5.10 Å². The van der Waals surface area contributed by atoms with E-state index < -0.39 is 5.54 Å². The van der Waals surface area contributed by atoms with E-state index in [0.29, 0.717) is 6.54 Å². The van der Waals surface area contributed by atoms with Gasteiger partial charge in [-0.3, -0.25) is 9.48 Å². The first-order valence-corrected chi connectivity index (χ1v) is 9.02. The van der Waals surface area contributed by atoms with Crippen molar-refractivity contribution in [3.05, 3.63) is 47.8 Å². The molecule has 2 aliphatic heterocycles. The SMILES string of the molecule is O=C(NCCc1ccc2c(c1)CCO2)C1(n2cccn2)CCNCC1. The van der Waals surface area contributed by atoms with E-state index in [4.69, 9.17) is 4.74 Å². The van der Waals surface area contributed by atoms with Gasteiger partial charge in [0.05, 0.1) is 6.61 Å². The normalized spacial score (nSPS) is 18.4. The summed E-state index contributed by atoms with van der Waals surface area (Å²) in [5.74, 6) is 1.07. The highest BCUT2D eigenvalue weighted by molar-refractivity contribution is 5.84. The highest BCUT2D eigenvalue weighted by atomic mass is 16.5. The molecule has 1 aromatic heterocycles. The Labute approximate surface area is 147 Å². The van der Waals surface area contributed by atoms with Gasteiger partial charge in [-0.15, -0.1) is 0 Å². The van der Waals surface area contributed by atoms with Crippen molar-refractivity contribution in [1.29, 1.82) is 0 Å². The summed E-state index contributed by atoms with van der Waals surface area (Å²) in [5, 5.41) is 10.8. The second-order valence-corrected chi connectivity index (χ2v) is 6.78. The molecule has 2 N–H and O–H groups in total. The van der Waals surface area contributed by atoms with E-state index >= 15 is 0 Å². The maximum Gasteiger partial charge on any atom is 0.248 e. The second kappa shape index (κ2) is 6.88. The fourth-order valence-corrected chi connectivity index (χ4v) is 3.80. The molecule has 25 heavy (non-hydrogen) atoms. The predicted octanol–water partition coefficient (Wildman–Crippen LogP) is 1.26. The van der Waals surface area contributed by atoms with Crippen LogP contribution in [0.15, 0.2) is 36.7 Å². The molecule has 4 rings (SSSR count). The Morgan fingerprint density at radius 2 is 2.24 bits per heavy atom. The molecular weight excluding hydrogens is 316 g/mol. The third-order valence-electron chi connectivity index (χ3n) is 5.25. The van der Waals surface area contributed by atoms with Crippen LogP contribution in [0, 0.1) is 0 Å². The van der Waals surface area contributed by atoms with Crippen LogP contribution in [0.1, 0.15) is 24.0 Å². The minimum atomic E-state index is -0.569. The lowest BCUT2D eigenvalue weighted by Gasteiger charge is -2.36. The molecule has 132 valence electrons. The van der Waals surface area contributed by atoms with Crippen LogP contribution in [0.4, 0.5) is 0 Å². The molecule has 1 fully saturated rings. The van der Waals surface area contributed by atoms with Crippen molar-refractivity contribution in [2.45, 2.75) is 31.2 Å².